The van der Waals surface area contributed by atoms with Gasteiger partial charge in [0.25, 0.3) is 5.91 Å². The molecule has 8 heteroatoms. The van der Waals surface area contributed by atoms with Gasteiger partial charge in [0.05, 0.1) is 6.54 Å². The molecule has 1 aliphatic heterocycles. The van der Waals surface area contributed by atoms with Gasteiger partial charge in [0.1, 0.15) is 5.25 Å². The van der Waals surface area contributed by atoms with Gasteiger partial charge in [0, 0.05) is 47.0 Å². The van der Waals surface area contributed by atoms with Crippen molar-refractivity contribution in [1.82, 2.24) is 10.0 Å². The van der Waals surface area contributed by atoms with Gasteiger partial charge >= 0.3 is 0 Å². The van der Waals surface area contributed by atoms with Gasteiger partial charge in [-0.3, -0.25) is 23.6 Å². The maximum absolute atomic E-state index is 12.6. The van der Waals surface area contributed by atoms with E-state index in [-0.39, 0.29) is 24.1 Å². The Bertz CT molecular complexity index is 981. The van der Waals surface area contributed by atoms with Crippen LogP contribution in [0.2, 0.25) is 5.02 Å². The van der Waals surface area contributed by atoms with Crippen molar-refractivity contribution in [1.29, 1.82) is 0 Å². The summed E-state index contributed by atoms with van der Waals surface area (Å²) in [6.07, 6.45) is 2.55. The molecule has 3 rings (SSSR count). The van der Waals surface area contributed by atoms with E-state index in [0.717, 1.165) is 12.0 Å². The highest BCUT2D eigenvalue weighted by Gasteiger charge is 2.44. The number of rotatable bonds is 11. The number of benzene rings is 2. The SMILES string of the molecule is CC(=O)N(CCCCCC(=O)c1ccc(Cl)cc1)N1CC(S(=O)Cc2ccccc2)C1=O. The van der Waals surface area contributed by atoms with Crippen molar-refractivity contribution in [2.45, 2.75) is 43.6 Å². The van der Waals surface area contributed by atoms with Crippen molar-refractivity contribution in [3.8, 4) is 0 Å². The van der Waals surface area contributed by atoms with Crippen molar-refractivity contribution >= 4 is 40.0 Å². The first-order valence-electron chi connectivity index (χ1n) is 10.7. The number of unbranched alkanes of at least 4 members (excludes halogenated alkanes) is 2. The monoisotopic (exact) mass is 474 g/mol. The molecule has 0 radical (unpaired) electrons. The molecule has 2 aromatic rings. The second kappa shape index (κ2) is 11.4. The van der Waals surface area contributed by atoms with Crippen LogP contribution in [-0.2, 0) is 26.1 Å². The van der Waals surface area contributed by atoms with E-state index >= 15 is 0 Å². The average molecular weight is 475 g/mol. The molecule has 1 heterocycles. The van der Waals surface area contributed by atoms with Gasteiger partial charge in [-0.1, -0.05) is 48.4 Å². The third-order valence-electron chi connectivity index (χ3n) is 5.43. The van der Waals surface area contributed by atoms with Crippen molar-refractivity contribution in [2.75, 3.05) is 13.1 Å². The van der Waals surface area contributed by atoms with Crippen LogP contribution in [0.3, 0.4) is 0 Å². The van der Waals surface area contributed by atoms with E-state index < -0.39 is 16.0 Å². The van der Waals surface area contributed by atoms with Crippen molar-refractivity contribution in [3.63, 3.8) is 0 Å². The van der Waals surface area contributed by atoms with Crippen LogP contribution < -0.4 is 0 Å². The zero-order valence-electron chi connectivity index (χ0n) is 18.0. The lowest BCUT2D eigenvalue weighted by Crippen LogP contribution is -2.65. The van der Waals surface area contributed by atoms with Gasteiger partial charge in [-0.15, -0.1) is 0 Å². The van der Waals surface area contributed by atoms with Crippen LogP contribution in [0.15, 0.2) is 54.6 Å². The molecular formula is C24H27ClN2O4S. The Labute approximate surface area is 196 Å². The second-order valence-electron chi connectivity index (χ2n) is 7.80. The fourth-order valence-corrected chi connectivity index (χ4v) is 5.09. The summed E-state index contributed by atoms with van der Waals surface area (Å²) in [4.78, 5) is 36.9. The van der Waals surface area contributed by atoms with Gasteiger partial charge in [-0.25, -0.2) is 5.01 Å². The number of amides is 2. The molecule has 2 amide bonds. The van der Waals surface area contributed by atoms with E-state index in [1.54, 1.807) is 24.3 Å². The number of hydrogen-bond donors (Lipinski definition) is 0. The number of hydrazine groups is 1. The number of β-lactam (4-membered cyclic amide) rings is 1. The summed E-state index contributed by atoms with van der Waals surface area (Å²) < 4.78 is 12.6. The fraction of sp³-hybridized carbons (Fsp3) is 0.375. The molecule has 1 saturated heterocycles. The van der Waals surface area contributed by atoms with Crippen LogP contribution in [0, 0.1) is 0 Å². The molecule has 0 spiro atoms. The molecule has 32 heavy (non-hydrogen) atoms. The van der Waals surface area contributed by atoms with E-state index in [1.807, 2.05) is 30.3 Å². The fourth-order valence-electron chi connectivity index (χ4n) is 3.58. The Morgan fingerprint density at radius 3 is 2.38 bits per heavy atom. The number of Topliss-reactive ketones (excluding diaryl/α,β-unsaturated/α-hetero) is 1. The largest absolute Gasteiger partial charge is 0.294 e. The lowest BCUT2D eigenvalue weighted by Gasteiger charge is -2.44. The normalized spacial score (nSPS) is 16.4. The number of carbonyl (C=O) groups excluding carboxylic acids is 3. The minimum absolute atomic E-state index is 0.0618. The summed E-state index contributed by atoms with van der Waals surface area (Å²) in [7, 11) is -1.32. The molecular weight excluding hydrogens is 448 g/mol. The third kappa shape index (κ3) is 6.26. The summed E-state index contributed by atoms with van der Waals surface area (Å²) in [6.45, 7) is 2.10. The highest BCUT2D eigenvalue weighted by atomic mass is 35.5. The second-order valence-corrected chi connectivity index (χ2v) is 9.86. The highest BCUT2D eigenvalue weighted by Crippen LogP contribution is 2.22. The Morgan fingerprint density at radius 2 is 1.75 bits per heavy atom. The summed E-state index contributed by atoms with van der Waals surface area (Å²) in [6, 6.07) is 16.3. The average Bonchev–Trinajstić information content (AvgIpc) is 2.77. The first-order chi connectivity index (χ1) is 15.4. The standard InChI is InChI=1S/C24H27ClN2O4S/c1-18(28)26(15-7-3-6-10-22(29)20-11-13-21(25)14-12-20)27-16-23(24(27)30)32(31)17-19-8-4-2-5-9-19/h2,4-5,8-9,11-14,23H,3,6-7,10,15-17H2,1H3. The smallest absolute Gasteiger partial charge is 0.258 e. The summed E-state index contributed by atoms with van der Waals surface area (Å²) >= 11 is 5.84. The van der Waals surface area contributed by atoms with E-state index in [4.69, 9.17) is 11.6 Å². The van der Waals surface area contributed by atoms with Crippen LogP contribution >= 0.6 is 11.6 Å². The molecule has 0 bridgehead atoms. The molecule has 170 valence electrons. The Kier molecular flexibility index (Phi) is 8.59. The summed E-state index contributed by atoms with van der Waals surface area (Å²) in [5.41, 5.74) is 1.56. The van der Waals surface area contributed by atoms with Crippen LogP contribution in [0.4, 0.5) is 0 Å². The van der Waals surface area contributed by atoms with Crippen molar-refractivity contribution in [3.05, 3.63) is 70.7 Å². The quantitative estimate of drug-likeness (QED) is 0.280. The lowest BCUT2D eigenvalue weighted by molar-refractivity contribution is -0.173. The zero-order valence-corrected chi connectivity index (χ0v) is 19.6. The predicted octanol–water partition coefficient (Wildman–Crippen LogP) is 4.01. The number of carbonyl (C=O) groups is 3. The maximum Gasteiger partial charge on any atom is 0.258 e. The highest BCUT2D eigenvalue weighted by molar-refractivity contribution is 7.85. The first kappa shape index (κ1) is 24.1. The molecule has 0 saturated carbocycles. The summed E-state index contributed by atoms with van der Waals surface area (Å²) in [5.74, 6) is -0.102. The minimum Gasteiger partial charge on any atom is -0.294 e. The maximum atomic E-state index is 12.6. The van der Waals surface area contributed by atoms with Gasteiger partial charge < -0.3 is 0 Å². The van der Waals surface area contributed by atoms with Crippen LogP contribution in [-0.4, -0.2) is 50.2 Å². The Hall–Kier alpha value is -2.51. The number of halogens is 1. The van der Waals surface area contributed by atoms with E-state index in [1.165, 1.54) is 16.9 Å². The number of ketones is 1. The number of nitrogens with zero attached hydrogens (tertiary/aromatic N) is 2. The van der Waals surface area contributed by atoms with E-state index in [0.29, 0.717) is 42.1 Å². The van der Waals surface area contributed by atoms with E-state index in [9.17, 15) is 18.6 Å². The molecule has 2 unspecified atom stereocenters. The molecule has 1 aliphatic rings. The molecule has 6 nitrogen and oxygen atoms in total. The van der Waals surface area contributed by atoms with Crippen molar-refractivity contribution < 1.29 is 18.6 Å². The van der Waals surface area contributed by atoms with Gasteiger partial charge in [-0.2, -0.15) is 0 Å². The molecule has 0 aromatic heterocycles. The molecule has 1 fully saturated rings. The number of hydrogen-bond acceptors (Lipinski definition) is 4. The molecule has 2 aromatic carbocycles. The molecule has 2 atom stereocenters. The first-order valence-corrected chi connectivity index (χ1v) is 12.4. The van der Waals surface area contributed by atoms with Gasteiger partial charge in [-0.05, 0) is 42.7 Å². The third-order valence-corrected chi connectivity index (χ3v) is 7.29. The van der Waals surface area contributed by atoms with E-state index in [2.05, 4.69) is 0 Å². The van der Waals surface area contributed by atoms with Gasteiger partial charge in [0.2, 0.25) is 5.91 Å². The van der Waals surface area contributed by atoms with Crippen molar-refractivity contribution in [2.24, 2.45) is 0 Å². The zero-order chi connectivity index (χ0) is 23.1. The van der Waals surface area contributed by atoms with Crippen LogP contribution in [0.5, 0.6) is 0 Å². The molecule has 0 aliphatic carbocycles. The topological polar surface area (TPSA) is 74.8 Å². The molecule has 0 N–H and O–H groups in total. The summed E-state index contributed by atoms with van der Waals surface area (Å²) in [5, 5.41) is 2.85. The lowest BCUT2D eigenvalue weighted by atomic mass is 10.0. The Morgan fingerprint density at radius 1 is 1.06 bits per heavy atom. The van der Waals surface area contributed by atoms with Crippen LogP contribution in [0.25, 0.3) is 0 Å². The minimum atomic E-state index is -1.32. The Balaban J connectivity index is 1.41. The van der Waals surface area contributed by atoms with Crippen LogP contribution in [0.1, 0.15) is 48.5 Å². The van der Waals surface area contributed by atoms with Gasteiger partial charge in [0.15, 0.2) is 5.78 Å². The predicted molar refractivity (Wildman–Crippen MR) is 125 cm³/mol.